The Morgan fingerprint density at radius 2 is 1.82 bits per heavy atom. The van der Waals surface area contributed by atoms with Crippen molar-refractivity contribution in [3.8, 4) is 0 Å². The molecule has 96 valence electrons. The van der Waals surface area contributed by atoms with Gasteiger partial charge in [-0.15, -0.1) is 0 Å². The molecule has 1 rings (SSSR count). The Morgan fingerprint density at radius 1 is 1.29 bits per heavy atom. The first-order chi connectivity index (χ1) is 7.83. The Kier molecular flexibility index (Phi) is 4.62. The van der Waals surface area contributed by atoms with Gasteiger partial charge < -0.3 is 5.73 Å². The van der Waals surface area contributed by atoms with Gasteiger partial charge in [0.1, 0.15) is 5.82 Å². The number of hydrogen-bond acceptors (Lipinski definition) is 3. The summed E-state index contributed by atoms with van der Waals surface area (Å²) in [7, 11) is -3.60. The fourth-order valence-electron chi connectivity index (χ4n) is 1.14. The molecule has 1 aromatic rings. The van der Waals surface area contributed by atoms with Crippen LogP contribution in [-0.4, -0.2) is 21.0 Å². The van der Waals surface area contributed by atoms with Gasteiger partial charge in [-0.1, -0.05) is 13.8 Å². The molecule has 0 bridgehead atoms. The summed E-state index contributed by atoms with van der Waals surface area (Å²) < 4.78 is 38.6. The molecular formula is C11H17FN2O2S. The zero-order valence-corrected chi connectivity index (χ0v) is 10.7. The molecule has 17 heavy (non-hydrogen) atoms. The summed E-state index contributed by atoms with van der Waals surface area (Å²) in [4.78, 5) is 0.0369. The van der Waals surface area contributed by atoms with Crippen LogP contribution in [0.25, 0.3) is 0 Å². The number of rotatable bonds is 5. The van der Waals surface area contributed by atoms with E-state index >= 15 is 0 Å². The van der Waals surface area contributed by atoms with E-state index in [4.69, 9.17) is 5.73 Å². The van der Waals surface area contributed by atoms with Crippen LogP contribution in [0.2, 0.25) is 0 Å². The van der Waals surface area contributed by atoms with Crippen LogP contribution in [0.5, 0.6) is 0 Å². The minimum absolute atomic E-state index is 0.0369. The number of nitrogens with two attached hydrogens (primary N) is 1. The third-order valence-electron chi connectivity index (χ3n) is 2.49. The molecule has 0 amide bonds. The highest BCUT2D eigenvalue weighted by Gasteiger charge is 2.16. The second kappa shape index (κ2) is 5.57. The second-order valence-electron chi connectivity index (χ2n) is 4.21. The molecule has 3 N–H and O–H groups in total. The number of sulfonamides is 1. The molecule has 0 heterocycles. The normalized spacial score (nSPS) is 13.9. The van der Waals surface area contributed by atoms with Crippen molar-refractivity contribution in [2.45, 2.75) is 24.8 Å². The molecule has 1 aromatic carbocycles. The molecule has 0 saturated carbocycles. The lowest BCUT2D eigenvalue weighted by Crippen LogP contribution is -2.40. The van der Waals surface area contributed by atoms with E-state index in [2.05, 4.69) is 4.72 Å². The van der Waals surface area contributed by atoms with Crippen molar-refractivity contribution in [2.24, 2.45) is 11.7 Å². The quantitative estimate of drug-likeness (QED) is 0.832. The summed E-state index contributed by atoms with van der Waals surface area (Å²) in [6.07, 6.45) is 0. The van der Waals surface area contributed by atoms with Crippen molar-refractivity contribution in [3.05, 3.63) is 30.1 Å². The van der Waals surface area contributed by atoms with Crippen LogP contribution in [0.15, 0.2) is 29.2 Å². The van der Waals surface area contributed by atoms with Crippen molar-refractivity contribution >= 4 is 10.0 Å². The summed E-state index contributed by atoms with van der Waals surface area (Å²) in [6, 6.07) is 4.41. The van der Waals surface area contributed by atoms with Gasteiger partial charge in [0.25, 0.3) is 0 Å². The standard InChI is InChI=1S/C11H17FN2O2S/c1-8(2)11(13)7-14-17(15,16)10-5-3-9(12)4-6-10/h3-6,8,11,14H,7,13H2,1-2H3. The monoisotopic (exact) mass is 260 g/mol. The highest BCUT2D eigenvalue weighted by Crippen LogP contribution is 2.09. The molecule has 0 radical (unpaired) electrons. The molecule has 1 unspecified atom stereocenters. The Labute approximate surface area is 101 Å². The number of halogens is 1. The van der Waals surface area contributed by atoms with E-state index in [-0.39, 0.29) is 23.4 Å². The van der Waals surface area contributed by atoms with Crippen LogP contribution in [0.4, 0.5) is 4.39 Å². The topological polar surface area (TPSA) is 72.2 Å². The van der Waals surface area contributed by atoms with Gasteiger partial charge in [-0.25, -0.2) is 17.5 Å². The van der Waals surface area contributed by atoms with Crippen LogP contribution in [0, 0.1) is 11.7 Å². The van der Waals surface area contributed by atoms with Gasteiger partial charge in [0, 0.05) is 12.6 Å². The Hall–Kier alpha value is -0.980. The van der Waals surface area contributed by atoms with Crippen LogP contribution < -0.4 is 10.5 Å². The van der Waals surface area contributed by atoms with Gasteiger partial charge in [0.2, 0.25) is 10.0 Å². The molecule has 0 aromatic heterocycles. The Balaban J connectivity index is 2.72. The zero-order valence-electron chi connectivity index (χ0n) is 9.85. The Bertz CT molecular complexity index is 457. The highest BCUT2D eigenvalue weighted by atomic mass is 32.2. The number of hydrogen-bond donors (Lipinski definition) is 2. The maximum Gasteiger partial charge on any atom is 0.240 e. The summed E-state index contributed by atoms with van der Waals surface area (Å²) in [6.45, 7) is 3.99. The third kappa shape index (κ3) is 4.07. The van der Waals surface area contributed by atoms with Gasteiger partial charge >= 0.3 is 0 Å². The maximum absolute atomic E-state index is 12.7. The minimum Gasteiger partial charge on any atom is -0.326 e. The van der Waals surface area contributed by atoms with Crippen LogP contribution in [0.3, 0.4) is 0 Å². The first kappa shape index (κ1) is 14.1. The molecule has 4 nitrogen and oxygen atoms in total. The van der Waals surface area contributed by atoms with E-state index < -0.39 is 15.8 Å². The molecule has 1 atom stereocenters. The van der Waals surface area contributed by atoms with E-state index in [1.54, 1.807) is 0 Å². The smallest absolute Gasteiger partial charge is 0.240 e. The molecule has 0 fully saturated rings. The van der Waals surface area contributed by atoms with E-state index in [0.29, 0.717) is 0 Å². The lowest BCUT2D eigenvalue weighted by Gasteiger charge is -2.16. The second-order valence-corrected chi connectivity index (χ2v) is 5.98. The van der Waals surface area contributed by atoms with Gasteiger partial charge in [-0.2, -0.15) is 0 Å². The fourth-order valence-corrected chi connectivity index (χ4v) is 2.21. The van der Waals surface area contributed by atoms with Crippen LogP contribution >= 0.6 is 0 Å². The highest BCUT2D eigenvalue weighted by molar-refractivity contribution is 7.89. The first-order valence-electron chi connectivity index (χ1n) is 5.34. The molecule has 0 spiro atoms. The summed E-state index contributed by atoms with van der Waals surface area (Å²) in [5.41, 5.74) is 5.74. The van der Waals surface area contributed by atoms with Crippen molar-refractivity contribution < 1.29 is 12.8 Å². The van der Waals surface area contributed by atoms with Crippen LogP contribution in [0.1, 0.15) is 13.8 Å². The van der Waals surface area contributed by atoms with Crippen molar-refractivity contribution in [2.75, 3.05) is 6.54 Å². The minimum atomic E-state index is -3.60. The summed E-state index contributed by atoms with van der Waals surface area (Å²) in [5.74, 6) is -0.284. The molecule has 0 aliphatic rings. The van der Waals surface area contributed by atoms with E-state index in [9.17, 15) is 12.8 Å². The molecule has 6 heteroatoms. The van der Waals surface area contributed by atoms with Gasteiger partial charge in [-0.05, 0) is 30.2 Å². The third-order valence-corrected chi connectivity index (χ3v) is 3.93. The average molecular weight is 260 g/mol. The van der Waals surface area contributed by atoms with Crippen molar-refractivity contribution in [1.82, 2.24) is 4.72 Å². The fraction of sp³-hybridized carbons (Fsp3) is 0.455. The lowest BCUT2D eigenvalue weighted by molar-refractivity contribution is 0.481. The molecule has 0 aliphatic carbocycles. The van der Waals surface area contributed by atoms with Crippen LogP contribution in [-0.2, 0) is 10.0 Å². The predicted molar refractivity (Wildman–Crippen MR) is 64.4 cm³/mol. The first-order valence-corrected chi connectivity index (χ1v) is 6.82. The lowest BCUT2D eigenvalue weighted by atomic mass is 10.1. The summed E-state index contributed by atoms with van der Waals surface area (Å²) in [5, 5.41) is 0. The van der Waals surface area contributed by atoms with Gasteiger partial charge in [-0.3, -0.25) is 0 Å². The number of benzene rings is 1. The van der Waals surface area contributed by atoms with E-state index in [1.165, 1.54) is 12.1 Å². The Morgan fingerprint density at radius 3 is 2.29 bits per heavy atom. The zero-order chi connectivity index (χ0) is 13.1. The van der Waals surface area contributed by atoms with Gasteiger partial charge in [0.05, 0.1) is 4.90 Å². The molecular weight excluding hydrogens is 243 g/mol. The van der Waals surface area contributed by atoms with E-state index in [0.717, 1.165) is 12.1 Å². The predicted octanol–water partition coefficient (Wildman–Crippen LogP) is 1.09. The maximum atomic E-state index is 12.7. The van der Waals surface area contributed by atoms with Crippen molar-refractivity contribution in [3.63, 3.8) is 0 Å². The largest absolute Gasteiger partial charge is 0.326 e. The summed E-state index contributed by atoms with van der Waals surface area (Å²) >= 11 is 0. The van der Waals surface area contributed by atoms with Crippen molar-refractivity contribution in [1.29, 1.82) is 0 Å². The molecule has 0 saturated heterocycles. The molecule has 0 aliphatic heterocycles. The average Bonchev–Trinajstić information content (AvgIpc) is 2.26. The number of nitrogens with one attached hydrogen (secondary N) is 1. The van der Waals surface area contributed by atoms with Gasteiger partial charge in [0.15, 0.2) is 0 Å². The van der Waals surface area contributed by atoms with E-state index in [1.807, 2.05) is 13.8 Å². The SMILES string of the molecule is CC(C)C(N)CNS(=O)(=O)c1ccc(F)cc1.